The molecule has 0 radical (unpaired) electrons. The van der Waals surface area contributed by atoms with E-state index in [2.05, 4.69) is 15.6 Å². The Balaban J connectivity index is 2.40. The molecule has 0 atom stereocenters. The number of amides is 2. The molecule has 104 valence electrons. The fourth-order valence-electron chi connectivity index (χ4n) is 1.25. The topological polar surface area (TPSA) is 91.3 Å². The van der Waals surface area contributed by atoms with E-state index < -0.39 is 5.97 Å². The van der Waals surface area contributed by atoms with Gasteiger partial charge in [0.05, 0.1) is 0 Å². The molecule has 1 aromatic heterocycles. The molecule has 1 aromatic rings. The van der Waals surface area contributed by atoms with E-state index in [4.69, 9.17) is 5.11 Å². The van der Waals surface area contributed by atoms with Crippen LogP contribution in [0, 0.1) is 5.41 Å². The van der Waals surface area contributed by atoms with Gasteiger partial charge in [-0.05, 0) is 17.0 Å². The third kappa shape index (κ3) is 5.85. The van der Waals surface area contributed by atoms with Crippen LogP contribution in [0.1, 0.15) is 36.8 Å². The highest BCUT2D eigenvalue weighted by Gasteiger charge is 2.11. The summed E-state index contributed by atoms with van der Waals surface area (Å²) in [5, 5.41) is 14.1. The van der Waals surface area contributed by atoms with E-state index in [0.717, 1.165) is 5.56 Å². The molecule has 1 heterocycles. The predicted octanol–water partition coefficient (Wildman–Crippen LogP) is 1.63. The minimum Gasteiger partial charge on any atom is -0.477 e. The van der Waals surface area contributed by atoms with Gasteiger partial charge in [0.2, 0.25) is 0 Å². The maximum absolute atomic E-state index is 11.5. The zero-order valence-electron chi connectivity index (χ0n) is 11.4. The van der Waals surface area contributed by atoms with Crippen molar-refractivity contribution < 1.29 is 14.7 Å². The summed E-state index contributed by atoms with van der Waals surface area (Å²) in [4.78, 5) is 25.9. The first kappa shape index (κ1) is 14.9. The summed E-state index contributed by atoms with van der Waals surface area (Å²) < 4.78 is 0. The highest BCUT2D eigenvalue weighted by molar-refractivity contribution is 5.85. The van der Waals surface area contributed by atoms with Crippen LogP contribution >= 0.6 is 0 Å². The predicted molar refractivity (Wildman–Crippen MR) is 70.9 cm³/mol. The Labute approximate surface area is 112 Å². The smallest absolute Gasteiger partial charge is 0.354 e. The molecule has 0 aliphatic rings. The highest BCUT2D eigenvalue weighted by atomic mass is 16.4. The molecule has 0 aliphatic carbocycles. The third-order valence-electron chi connectivity index (χ3n) is 2.28. The number of hydrogen-bond acceptors (Lipinski definition) is 3. The SMILES string of the molecule is CC(C)(C)CNC(=O)NCc1ccc(C(=O)O)nc1. The standard InChI is InChI=1S/C13H19N3O3/c1-13(2,3)8-16-12(19)15-7-9-4-5-10(11(17)18)14-6-9/h4-6H,7-8H2,1-3H3,(H,17,18)(H2,15,16,19). The Hall–Kier alpha value is -2.11. The Morgan fingerprint density at radius 2 is 1.95 bits per heavy atom. The number of nitrogens with zero attached hydrogens (tertiary/aromatic N) is 1. The maximum Gasteiger partial charge on any atom is 0.354 e. The van der Waals surface area contributed by atoms with E-state index >= 15 is 0 Å². The number of aromatic carboxylic acids is 1. The summed E-state index contributed by atoms with van der Waals surface area (Å²) in [7, 11) is 0. The second-order valence-electron chi connectivity index (χ2n) is 5.45. The Kier molecular flexibility index (Phi) is 4.86. The first-order valence-corrected chi connectivity index (χ1v) is 5.98. The van der Waals surface area contributed by atoms with Gasteiger partial charge < -0.3 is 15.7 Å². The molecule has 0 fully saturated rings. The molecule has 6 heteroatoms. The summed E-state index contributed by atoms with van der Waals surface area (Å²) in [5.74, 6) is -1.07. The highest BCUT2D eigenvalue weighted by Crippen LogP contribution is 2.09. The minimum atomic E-state index is -1.07. The molecule has 19 heavy (non-hydrogen) atoms. The fourth-order valence-corrected chi connectivity index (χ4v) is 1.25. The van der Waals surface area contributed by atoms with Gasteiger partial charge in [-0.15, -0.1) is 0 Å². The Morgan fingerprint density at radius 3 is 2.42 bits per heavy atom. The molecule has 2 amide bonds. The van der Waals surface area contributed by atoms with Crippen LogP contribution in [0.15, 0.2) is 18.3 Å². The van der Waals surface area contributed by atoms with Gasteiger partial charge in [0, 0.05) is 19.3 Å². The number of urea groups is 1. The average Bonchev–Trinajstić information content (AvgIpc) is 2.33. The summed E-state index contributed by atoms with van der Waals surface area (Å²) >= 11 is 0. The lowest BCUT2D eigenvalue weighted by Gasteiger charge is -2.18. The van der Waals surface area contributed by atoms with Crippen LogP contribution in [-0.4, -0.2) is 28.6 Å². The number of rotatable bonds is 4. The van der Waals surface area contributed by atoms with Gasteiger partial charge in [0.25, 0.3) is 0 Å². The molecular weight excluding hydrogens is 246 g/mol. The van der Waals surface area contributed by atoms with Crippen molar-refractivity contribution in [1.82, 2.24) is 15.6 Å². The quantitative estimate of drug-likeness (QED) is 0.771. The van der Waals surface area contributed by atoms with Crippen molar-refractivity contribution >= 4 is 12.0 Å². The van der Waals surface area contributed by atoms with E-state index in [1.165, 1.54) is 12.3 Å². The summed E-state index contributed by atoms with van der Waals surface area (Å²) in [5.41, 5.74) is 0.763. The third-order valence-corrected chi connectivity index (χ3v) is 2.28. The lowest BCUT2D eigenvalue weighted by Crippen LogP contribution is -2.39. The molecule has 0 spiro atoms. The van der Waals surface area contributed by atoms with Crippen LogP contribution in [0.3, 0.4) is 0 Å². The van der Waals surface area contributed by atoms with Crippen molar-refractivity contribution in [1.29, 1.82) is 0 Å². The van der Waals surface area contributed by atoms with Crippen molar-refractivity contribution in [3.05, 3.63) is 29.6 Å². The molecule has 0 saturated heterocycles. The first-order chi connectivity index (χ1) is 8.78. The lowest BCUT2D eigenvalue weighted by molar-refractivity contribution is 0.0690. The van der Waals surface area contributed by atoms with E-state index in [1.807, 2.05) is 20.8 Å². The molecule has 1 rings (SSSR count). The number of carbonyl (C=O) groups excluding carboxylic acids is 1. The fraction of sp³-hybridized carbons (Fsp3) is 0.462. The van der Waals surface area contributed by atoms with Gasteiger partial charge in [-0.3, -0.25) is 0 Å². The number of carboxylic acids is 1. The molecule has 3 N–H and O–H groups in total. The van der Waals surface area contributed by atoms with Gasteiger partial charge in [-0.25, -0.2) is 14.6 Å². The molecular formula is C13H19N3O3. The van der Waals surface area contributed by atoms with E-state index in [9.17, 15) is 9.59 Å². The summed E-state index contributed by atoms with van der Waals surface area (Å²) in [6, 6.07) is 2.78. The van der Waals surface area contributed by atoms with Crippen LogP contribution in [0.2, 0.25) is 0 Å². The normalized spacial score (nSPS) is 10.9. The van der Waals surface area contributed by atoms with E-state index in [-0.39, 0.29) is 17.1 Å². The molecule has 0 aromatic carbocycles. The Bertz CT molecular complexity index is 449. The van der Waals surface area contributed by atoms with Crippen LogP contribution in [0.25, 0.3) is 0 Å². The average molecular weight is 265 g/mol. The number of carbonyl (C=O) groups is 2. The second-order valence-corrected chi connectivity index (χ2v) is 5.45. The van der Waals surface area contributed by atoms with Crippen molar-refractivity contribution in [2.75, 3.05) is 6.54 Å². The van der Waals surface area contributed by atoms with Crippen LogP contribution < -0.4 is 10.6 Å². The number of aromatic nitrogens is 1. The van der Waals surface area contributed by atoms with Crippen molar-refractivity contribution in [3.8, 4) is 0 Å². The summed E-state index contributed by atoms with van der Waals surface area (Å²) in [6.45, 7) is 6.98. The van der Waals surface area contributed by atoms with Gasteiger partial charge >= 0.3 is 12.0 Å². The molecule has 6 nitrogen and oxygen atoms in total. The van der Waals surface area contributed by atoms with Gasteiger partial charge in [-0.2, -0.15) is 0 Å². The van der Waals surface area contributed by atoms with Gasteiger partial charge in [-0.1, -0.05) is 26.8 Å². The van der Waals surface area contributed by atoms with Crippen molar-refractivity contribution in [2.24, 2.45) is 5.41 Å². The van der Waals surface area contributed by atoms with Crippen LogP contribution in [0.5, 0.6) is 0 Å². The van der Waals surface area contributed by atoms with E-state index in [1.54, 1.807) is 6.07 Å². The number of nitrogens with one attached hydrogen (secondary N) is 2. The number of hydrogen-bond donors (Lipinski definition) is 3. The number of carboxylic acid groups (broad SMARTS) is 1. The zero-order valence-corrected chi connectivity index (χ0v) is 11.4. The molecule has 0 bridgehead atoms. The maximum atomic E-state index is 11.5. The lowest BCUT2D eigenvalue weighted by atomic mass is 9.97. The van der Waals surface area contributed by atoms with Crippen molar-refractivity contribution in [3.63, 3.8) is 0 Å². The van der Waals surface area contributed by atoms with Crippen LogP contribution in [-0.2, 0) is 6.54 Å². The molecule has 0 unspecified atom stereocenters. The molecule has 0 aliphatic heterocycles. The summed E-state index contributed by atoms with van der Waals surface area (Å²) in [6.07, 6.45) is 1.44. The van der Waals surface area contributed by atoms with Crippen molar-refractivity contribution in [2.45, 2.75) is 27.3 Å². The second kappa shape index (κ2) is 6.17. The zero-order chi connectivity index (χ0) is 14.5. The van der Waals surface area contributed by atoms with E-state index in [0.29, 0.717) is 13.1 Å². The first-order valence-electron chi connectivity index (χ1n) is 5.98. The number of pyridine rings is 1. The van der Waals surface area contributed by atoms with Gasteiger partial charge in [0.15, 0.2) is 0 Å². The van der Waals surface area contributed by atoms with Gasteiger partial charge in [0.1, 0.15) is 5.69 Å². The van der Waals surface area contributed by atoms with Crippen LogP contribution in [0.4, 0.5) is 4.79 Å². The monoisotopic (exact) mass is 265 g/mol. The Morgan fingerprint density at radius 1 is 1.26 bits per heavy atom. The largest absolute Gasteiger partial charge is 0.477 e. The minimum absolute atomic E-state index is 0.0130. The molecule has 0 saturated carbocycles.